The standard InChI is InChI=1S/C29H25BrN2O6S/c1-5-37-28(34)25-16(2)31-29-32(26(25)21-14-19(35-3)10-13-23(21)36-4)27(33)24(39-29)15-20-11-12-22(38-20)17-6-8-18(30)9-7-17/h6-15,26H,5H2,1-4H3/b24-15-/t26-/m0/s1. The first-order valence-corrected chi connectivity index (χ1v) is 13.7. The lowest BCUT2D eigenvalue weighted by molar-refractivity contribution is -0.139. The summed E-state index contributed by atoms with van der Waals surface area (Å²) in [7, 11) is 3.09. The fraction of sp³-hybridized carbons (Fsp3) is 0.207. The zero-order valence-corrected chi connectivity index (χ0v) is 24.1. The number of hydrogen-bond donors (Lipinski definition) is 0. The number of fused-ring (bicyclic) bond motifs is 1. The smallest absolute Gasteiger partial charge is 0.338 e. The molecule has 10 heteroatoms. The first kappa shape index (κ1) is 26.7. The third-order valence-electron chi connectivity index (χ3n) is 6.28. The van der Waals surface area contributed by atoms with Crippen molar-refractivity contribution in [3.8, 4) is 22.8 Å². The molecule has 5 rings (SSSR count). The Labute approximate surface area is 236 Å². The maximum atomic E-state index is 13.9. The summed E-state index contributed by atoms with van der Waals surface area (Å²) in [5.41, 5.74) is 1.91. The molecule has 0 saturated carbocycles. The van der Waals surface area contributed by atoms with Crippen LogP contribution in [0.4, 0.5) is 0 Å². The molecule has 0 fully saturated rings. The molecular formula is C29H25BrN2O6S. The van der Waals surface area contributed by atoms with Gasteiger partial charge in [0.25, 0.3) is 5.56 Å². The summed E-state index contributed by atoms with van der Waals surface area (Å²) in [6, 6.07) is 15.9. The average molecular weight is 609 g/mol. The molecule has 1 atom stereocenters. The third kappa shape index (κ3) is 5.09. The van der Waals surface area contributed by atoms with Crippen molar-refractivity contribution in [2.24, 2.45) is 4.99 Å². The number of methoxy groups -OCH3 is 2. The molecule has 4 aromatic rings. The van der Waals surface area contributed by atoms with Gasteiger partial charge in [-0.1, -0.05) is 39.4 Å². The summed E-state index contributed by atoms with van der Waals surface area (Å²) >= 11 is 4.66. The van der Waals surface area contributed by atoms with Crippen LogP contribution in [-0.2, 0) is 9.53 Å². The number of esters is 1. The monoisotopic (exact) mass is 608 g/mol. The van der Waals surface area contributed by atoms with E-state index in [4.69, 9.17) is 18.6 Å². The summed E-state index contributed by atoms with van der Waals surface area (Å²) < 4.78 is 25.4. The number of rotatable bonds is 7. The predicted molar refractivity (Wildman–Crippen MR) is 152 cm³/mol. The molecule has 0 amide bonds. The van der Waals surface area contributed by atoms with E-state index in [1.807, 2.05) is 36.4 Å². The molecule has 0 radical (unpaired) electrons. The first-order chi connectivity index (χ1) is 18.8. The molecule has 8 nitrogen and oxygen atoms in total. The van der Waals surface area contributed by atoms with Crippen molar-refractivity contribution < 1.29 is 23.4 Å². The van der Waals surface area contributed by atoms with Gasteiger partial charge >= 0.3 is 5.97 Å². The third-order valence-corrected chi connectivity index (χ3v) is 7.79. The summed E-state index contributed by atoms with van der Waals surface area (Å²) in [5.74, 6) is 1.71. The van der Waals surface area contributed by atoms with E-state index >= 15 is 0 Å². The number of ether oxygens (including phenoxy) is 3. The van der Waals surface area contributed by atoms with Gasteiger partial charge in [0.1, 0.15) is 29.1 Å². The molecule has 0 aliphatic carbocycles. The van der Waals surface area contributed by atoms with Crippen LogP contribution in [0.1, 0.15) is 31.2 Å². The van der Waals surface area contributed by atoms with Gasteiger partial charge in [0.05, 0.1) is 36.6 Å². The molecule has 0 N–H and O–H groups in total. The van der Waals surface area contributed by atoms with Crippen molar-refractivity contribution in [1.82, 2.24) is 4.57 Å². The highest BCUT2D eigenvalue weighted by atomic mass is 79.9. The number of carbonyl (C=O) groups is 1. The van der Waals surface area contributed by atoms with Gasteiger partial charge in [0.15, 0.2) is 4.80 Å². The number of furan rings is 1. The number of aromatic nitrogens is 1. The number of allylic oxidation sites excluding steroid dienone is 1. The van der Waals surface area contributed by atoms with Crippen molar-refractivity contribution in [1.29, 1.82) is 0 Å². The van der Waals surface area contributed by atoms with Crippen molar-refractivity contribution in [2.45, 2.75) is 19.9 Å². The number of thiazole rings is 1. The Morgan fingerprint density at radius 3 is 2.59 bits per heavy atom. The SMILES string of the molecule is CCOC(=O)C1=C(C)N=c2s/c(=C\c3ccc(-c4ccc(Br)cc4)o3)c(=O)n2[C@H]1c1cc(OC)ccc1OC. The minimum absolute atomic E-state index is 0.182. The van der Waals surface area contributed by atoms with Crippen LogP contribution in [0.3, 0.4) is 0 Å². The highest BCUT2D eigenvalue weighted by Crippen LogP contribution is 2.37. The molecule has 0 unspecified atom stereocenters. The molecule has 0 saturated heterocycles. The lowest BCUT2D eigenvalue weighted by Gasteiger charge is -2.26. The van der Waals surface area contributed by atoms with E-state index in [0.717, 1.165) is 10.0 Å². The Kier molecular flexibility index (Phi) is 7.58. The molecule has 2 aromatic heterocycles. The molecule has 1 aliphatic rings. The van der Waals surface area contributed by atoms with Crippen molar-refractivity contribution in [3.63, 3.8) is 0 Å². The molecular weight excluding hydrogens is 584 g/mol. The first-order valence-electron chi connectivity index (χ1n) is 12.1. The van der Waals surface area contributed by atoms with E-state index in [-0.39, 0.29) is 17.7 Å². The van der Waals surface area contributed by atoms with Crippen molar-refractivity contribution >= 4 is 39.3 Å². The van der Waals surface area contributed by atoms with Crippen LogP contribution in [0.2, 0.25) is 0 Å². The van der Waals surface area contributed by atoms with Crippen LogP contribution in [0.5, 0.6) is 11.5 Å². The zero-order valence-electron chi connectivity index (χ0n) is 21.7. The van der Waals surface area contributed by atoms with E-state index in [9.17, 15) is 9.59 Å². The van der Waals surface area contributed by atoms with Gasteiger partial charge in [-0.05, 0) is 56.3 Å². The molecule has 1 aliphatic heterocycles. The zero-order chi connectivity index (χ0) is 27.7. The van der Waals surface area contributed by atoms with E-state index in [1.165, 1.54) is 23.0 Å². The van der Waals surface area contributed by atoms with Gasteiger partial charge in [0.2, 0.25) is 0 Å². The van der Waals surface area contributed by atoms with E-state index in [1.54, 1.807) is 45.2 Å². The highest BCUT2D eigenvalue weighted by Gasteiger charge is 2.35. The van der Waals surface area contributed by atoms with Gasteiger partial charge in [0, 0.05) is 21.7 Å². The Bertz CT molecular complexity index is 1760. The maximum Gasteiger partial charge on any atom is 0.338 e. The fourth-order valence-corrected chi connectivity index (χ4v) is 5.76. The van der Waals surface area contributed by atoms with E-state index in [0.29, 0.717) is 43.6 Å². The maximum absolute atomic E-state index is 13.9. The Morgan fingerprint density at radius 1 is 1.13 bits per heavy atom. The summed E-state index contributed by atoms with van der Waals surface area (Å²) in [4.78, 5) is 32.1. The molecule has 2 aromatic carbocycles. The van der Waals surface area contributed by atoms with Crippen LogP contribution < -0.4 is 24.4 Å². The topological polar surface area (TPSA) is 92.3 Å². The number of hydrogen-bond acceptors (Lipinski definition) is 8. The lowest BCUT2D eigenvalue weighted by atomic mass is 9.95. The van der Waals surface area contributed by atoms with Crippen LogP contribution in [0.25, 0.3) is 17.4 Å². The van der Waals surface area contributed by atoms with Gasteiger partial charge in [-0.3, -0.25) is 9.36 Å². The molecule has 0 spiro atoms. The average Bonchev–Trinajstić information content (AvgIpc) is 3.52. The molecule has 200 valence electrons. The Hall–Kier alpha value is -3.89. The van der Waals surface area contributed by atoms with Crippen LogP contribution in [0, 0.1) is 0 Å². The molecule has 39 heavy (non-hydrogen) atoms. The Balaban J connectivity index is 1.68. The van der Waals surface area contributed by atoms with E-state index < -0.39 is 12.0 Å². The molecule has 0 bridgehead atoms. The van der Waals surface area contributed by atoms with Crippen LogP contribution in [0.15, 0.2) is 84.5 Å². The second-order valence-electron chi connectivity index (χ2n) is 8.62. The van der Waals surface area contributed by atoms with Crippen LogP contribution in [-0.4, -0.2) is 31.4 Å². The summed E-state index contributed by atoms with van der Waals surface area (Å²) in [6.07, 6.45) is 1.69. The minimum Gasteiger partial charge on any atom is -0.497 e. The summed E-state index contributed by atoms with van der Waals surface area (Å²) in [5, 5.41) is 0. The van der Waals surface area contributed by atoms with Crippen LogP contribution >= 0.6 is 27.3 Å². The predicted octanol–water partition coefficient (Wildman–Crippen LogP) is 4.84. The highest BCUT2D eigenvalue weighted by molar-refractivity contribution is 9.10. The minimum atomic E-state index is -0.831. The van der Waals surface area contributed by atoms with Gasteiger partial charge in [-0.25, -0.2) is 9.79 Å². The fourth-order valence-electron chi connectivity index (χ4n) is 4.47. The number of carbonyl (C=O) groups excluding carboxylic acids is 1. The summed E-state index contributed by atoms with van der Waals surface area (Å²) in [6.45, 7) is 3.65. The lowest BCUT2D eigenvalue weighted by Crippen LogP contribution is -2.40. The Morgan fingerprint density at radius 2 is 1.90 bits per heavy atom. The van der Waals surface area contributed by atoms with Crippen molar-refractivity contribution in [2.75, 3.05) is 20.8 Å². The van der Waals surface area contributed by atoms with Gasteiger partial charge < -0.3 is 18.6 Å². The van der Waals surface area contributed by atoms with Gasteiger partial charge in [-0.15, -0.1) is 0 Å². The van der Waals surface area contributed by atoms with Gasteiger partial charge in [-0.2, -0.15) is 0 Å². The van der Waals surface area contributed by atoms with E-state index in [2.05, 4.69) is 20.9 Å². The second kappa shape index (κ2) is 11.1. The van der Waals surface area contributed by atoms with Crippen molar-refractivity contribution in [3.05, 3.63) is 101 Å². The quantitative estimate of drug-likeness (QED) is 0.279. The number of halogens is 1. The normalized spacial score (nSPS) is 15.1. The number of nitrogens with zero attached hydrogens (tertiary/aromatic N) is 2. The largest absolute Gasteiger partial charge is 0.497 e. The number of benzene rings is 2. The molecule has 3 heterocycles. The second-order valence-corrected chi connectivity index (χ2v) is 10.5.